The number of ether oxygens (including phenoxy) is 1. The summed E-state index contributed by atoms with van der Waals surface area (Å²) in [4.78, 5) is 50.9. The fourth-order valence-corrected chi connectivity index (χ4v) is 6.81. The molecule has 2 saturated carbocycles. The van der Waals surface area contributed by atoms with Crippen molar-refractivity contribution < 1.29 is 29.0 Å². The molecular formula is C34H39N7O6. The van der Waals surface area contributed by atoms with E-state index in [0.717, 1.165) is 28.7 Å². The summed E-state index contributed by atoms with van der Waals surface area (Å²) in [5.74, 6) is -1.42. The predicted molar refractivity (Wildman–Crippen MR) is 174 cm³/mol. The van der Waals surface area contributed by atoms with Crippen LogP contribution in [0.5, 0.6) is 0 Å². The summed E-state index contributed by atoms with van der Waals surface area (Å²) in [6.45, 7) is 0.462. The summed E-state index contributed by atoms with van der Waals surface area (Å²) >= 11 is 0. The van der Waals surface area contributed by atoms with E-state index >= 15 is 0 Å². The van der Waals surface area contributed by atoms with Crippen molar-refractivity contribution in [2.45, 2.75) is 56.4 Å². The van der Waals surface area contributed by atoms with Crippen LogP contribution in [-0.4, -0.2) is 63.3 Å². The normalized spacial score (nSPS) is 19.8. The maximum absolute atomic E-state index is 13.6. The van der Waals surface area contributed by atoms with Gasteiger partial charge in [0.15, 0.2) is 11.5 Å². The summed E-state index contributed by atoms with van der Waals surface area (Å²) in [5, 5.41) is 26.1. The molecule has 13 nitrogen and oxygen atoms in total. The number of carbonyl (C=O) groups is 4. The van der Waals surface area contributed by atoms with Crippen molar-refractivity contribution >= 4 is 35.5 Å². The minimum absolute atomic E-state index is 0.0694. The highest BCUT2D eigenvalue weighted by molar-refractivity contribution is 6.46. The minimum Gasteiger partial charge on any atom is -0.481 e. The molecule has 2 fully saturated rings. The highest BCUT2D eigenvalue weighted by Crippen LogP contribution is 2.44. The molecule has 4 amide bonds. The van der Waals surface area contributed by atoms with Crippen molar-refractivity contribution in [3.05, 3.63) is 71.9 Å². The number of carbonyl (C=O) groups excluding carboxylic acids is 3. The number of urea groups is 1. The van der Waals surface area contributed by atoms with E-state index in [9.17, 15) is 24.3 Å². The van der Waals surface area contributed by atoms with Crippen LogP contribution in [0.2, 0.25) is 0 Å². The number of nitrogens with zero attached hydrogens (tertiary/aromatic N) is 3. The van der Waals surface area contributed by atoms with Gasteiger partial charge in [-0.3, -0.25) is 14.3 Å². The molecule has 3 aromatic rings. The summed E-state index contributed by atoms with van der Waals surface area (Å²) in [5.41, 5.74) is 5.60. The van der Waals surface area contributed by atoms with Gasteiger partial charge in [-0.15, -0.1) is 0 Å². The monoisotopic (exact) mass is 641 g/mol. The lowest BCUT2D eigenvalue weighted by molar-refractivity contribution is -0.143. The van der Waals surface area contributed by atoms with Crippen molar-refractivity contribution in [1.82, 2.24) is 25.8 Å². The molecule has 0 unspecified atom stereocenters. The van der Waals surface area contributed by atoms with Crippen LogP contribution in [0, 0.1) is 11.8 Å². The number of hydrogen-bond donors (Lipinski definition) is 5. The van der Waals surface area contributed by atoms with Gasteiger partial charge in [0.05, 0.1) is 11.5 Å². The van der Waals surface area contributed by atoms with Crippen LogP contribution in [0.15, 0.2) is 65.9 Å². The van der Waals surface area contributed by atoms with Gasteiger partial charge in [-0.05, 0) is 73.1 Å². The first-order chi connectivity index (χ1) is 22.7. The lowest BCUT2D eigenvalue weighted by Crippen LogP contribution is -2.62. The van der Waals surface area contributed by atoms with Gasteiger partial charge in [-0.2, -0.15) is 10.2 Å². The first-order valence-corrected chi connectivity index (χ1v) is 16.0. The largest absolute Gasteiger partial charge is 0.481 e. The number of aryl methyl sites for hydroxylation is 1. The van der Waals surface area contributed by atoms with Crippen LogP contribution in [0.25, 0.3) is 11.1 Å². The third kappa shape index (κ3) is 6.98. The third-order valence-electron chi connectivity index (χ3n) is 9.53. The molecule has 0 radical (unpaired) electrons. The van der Waals surface area contributed by atoms with Crippen LogP contribution in [0.1, 0.15) is 62.0 Å². The van der Waals surface area contributed by atoms with Gasteiger partial charge in [0.25, 0.3) is 5.91 Å². The fraction of sp³-hybridized carbons (Fsp3) is 0.412. The molecule has 3 aliphatic rings. The average molecular weight is 642 g/mol. The second kappa shape index (κ2) is 13.7. The third-order valence-corrected chi connectivity index (χ3v) is 9.53. The molecule has 6 rings (SSSR count). The zero-order valence-corrected chi connectivity index (χ0v) is 26.2. The van der Waals surface area contributed by atoms with Crippen molar-refractivity contribution in [3.63, 3.8) is 0 Å². The van der Waals surface area contributed by atoms with Gasteiger partial charge in [0, 0.05) is 31.8 Å². The van der Waals surface area contributed by atoms with Gasteiger partial charge in [-0.25, -0.2) is 15.0 Å². The van der Waals surface area contributed by atoms with Gasteiger partial charge in [0.1, 0.15) is 6.61 Å². The average Bonchev–Trinajstić information content (AvgIpc) is 3.61. The summed E-state index contributed by atoms with van der Waals surface area (Å²) in [7, 11) is 1.72. The van der Waals surface area contributed by atoms with E-state index in [1.54, 1.807) is 19.3 Å². The topological polar surface area (TPSA) is 176 Å². The molecule has 1 heterocycles. The molecular weight excluding hydrogens is 602 g/mol. The Hall–Kier alpha value is -5.20. The number of benzene rings is 2. The summed E-state index contributed by atoms with van der Waals surface area (Å²) in [6, 6.07) is 17.1. The van der Waals surface area contributed by atoms with E-state index in [1.165, 1.54) is 4.68 Å². The van der Waals surface area contributed by atoms with Crippen LogP contribution in [0.3, 0.4) is 0 Å². The highest BCUT2D eigenvalue weighted by atomic mass is 16.5. The molecule has 246 valence electrons. The molecule has 0 atom stereocenters. The molecule has 13 heteroatoms. The maximum Gasteiger partial charge on any atom is 0.407 e. The summed E-state index contributed by atoms with van der Waals surface area (Å²) < 4.78 is 7.33. The molecule has 0 aliphatic heterocycles. The first kappa shape index (κ1) is 31.8. The lowest BCUT2D eigenvalue weighted by atomic mass is 9.73. The SMILES string of the molecule is Cn1ccc(NC(=O)C(=NNC(=O)NCC2CCC(C(=O)O)CC2)C2(NC(=O)OCC3c4ccccc4-c4ccccc43)CCC2)n1. The fourth-order valence-electron chi connectivity index (χ4n) is 6.81. The second-order valence-electron chi connectivity index (χ2n) is 12.6. The first-order valence-electron chi connectivity index (χ1n) is 16.0. The molecule has 5 N–H and O–H groups in total. The molecule has 3 aliphatic carbocycles. The van der Waals surface area contributed by atoms with Gasteiger partial charge < -0.3 is 25.8 Å². The van der Waals surface area contributed by atoms with Gasteiger partial charge in [-0.1, -0.05) is 48.5 Å². The van der Waals surface area contributed by atoms with Crippen molar-refractivity contribution in [3.8, 4) is 11.1 Å². The van der Waals surface area contributed by atoms with E-state index in [2.05, 4.69) is 43.7 Å². The lowest BCUT2D eigenvalue weighted by Gasteiger charge is -2.41. The Labute approximate surface area is 272 Å². The summed E-state index contributed by atoms with van der Waals surface area (Å²) in [6.07, 6.45) is 5.10. The van der Waals surface area contributed by atoms with Crippen LogP contribution < -0.4 is 21.4 Å². The number of carboxylic acids is 1. The Morgan fingerprint density at radius 3 is 2.21 bits per heavy atom. The smallest absolute Gasteiger partial charge is 0.407 e. The van der Waals surface area contributed by atoms with Crippen LogP contribution >= 0.6 is 0 Å². The Morgan fingerprint density at radius 2 is 1.64 bits per heavy atom. The number of hydrogen-bond acceptors (Lipinski definition) is 7. The van der Waals surface area contributed by atoms with E-state index in [1.807, 2.05) is 36.4 Å². The number of amides is 4. The zero-order chi connectivity index (χ0) is 33.0. The molecule has 0 spiro atoms. The standard InChI is InChI=1S/C34H39N7O6/c1-41-18-15-28(40-41)36-30(42)29(38-39-32(45)35-19-21-11-13-22(14-12-21)31(43)44)34(16-6-17-34)37-33(46)47-20-27-25-9-4-2-7-23(25)24-8-3-5-10-26(24)27/h2-5,7-10,15,18,21-22,27H,6,11-14,16-17,19-20H2,1H3,(H,37,46)(H,43,44)(H2,35,39,45)(H,36,40,42). The van der Waals surface area contributed by atoms with E-state index in [4.69, 9.17) is 4.74 Å². The molecule has 47 heavy (non-hydrogen) atoms. The number of aliphatic carboxylic acids is 1. The minimum atomic E-state index is -1.16. The second-order valence-corrected chi connectivity index (χ2v) is 12.6. The Bertz CT molecular complexity index is 1640. The van der Waals surface area contributed by atoms with Gasteiger partial charge in [0.2, 0.25) is 0 Å². The molecule has 0 bridgehead atoms. The quantitative estimate of drug-likeness (QED) is 0.161. The Balaban J connectivity index is 1.13. The number of aromatic nitrogens is 2. The van der Waals surface area contributed by atoms with Crippen LogP contribution in [0.4, 0.5) is 15.4 Å². The predicted octanol–water partition coefficient (Wildman–Crippen LogP) is 4.37. The van der Waals surface area contributed by atoms with Crippen molar-refractivity contribution in [2.75, 3.05) is 18.5 Å². The van der Waals surface area contributed by atoms with Crippen LogP contribution in [-0.2, 0) is 21.4 Å². The number of hydrazone groups is 1. The van der Waals surface area contributed by atoms with Crippen molar-refractivity contribution in [2.24, 2.45) is 24.0 Å². The van der Waals surface area contributed by atoms with E-state index in [0.29, 0.717) is 50.9 Å². The molecule has 1 aromatic heterocycles. The number of alkyl carbamates (subject to hydrolysis) is 1. The molecule has 0 saturated heterocycles. The number of rotatable bonds is 10. The van der Waals surface area contributed by atoms with Gasteiger partial charge >= 0.3 is 18.1 Å². The Kier molecular flexibility index (Phi) is 9.23. The number of fused-ring (bicyclic) bond motifs is 3. The molecule has 2 aromatic carbocycles. The zero-order valence-electron chi connectivity index (χ0n) is 26.2. The van der Waals surface area contributed by atoms with Crippen molar-refractivity contribution in [1.29, 1.82) is 0 Å². The highest BCUT2D eigenvalue weighted by Gasteiger charge is 2.47. The number of carboxylic acid groups (broad SMARTS) is 1. The number of anilines is 1. The Morgan fingerprint density at radius 1 is 0.979 bits per heavy atom. The van der Waals surface area contributed by atoms with E-state index in [-0.39, 0.29) is 30.1 Å². The maximum atomic E-state index is 13.6. The number of nitrogens with one attached hydrogen (secondary N) is 4. The van der Waals surface area contributed by atoms with E-state index < -0.39 is 29.5 Å².